The second-order valence-electron chi connectivity index (χ2n) is 19.7. The summed E-state index contributed by atoms with van der Waals surface area (Å²) in [4.78, 5) is 72.3. The van der Waals surface area contributed by atoms with Crippen molar-refractivity contribution in [2.24, 2.45) is 41.4 Å². The van der Waals surface area contributed by atoms with E-state index in [4.69, 9.17) is 28.4 Å². The molecule has 14 heteroatoms. The molecule has 0 aromatic rings. The number of piperidine rings is 1. The highest BCUT2D eigenvalue weighted by molar-refractivity contribution is 6.39. The van der Waals surface area contributed by atoms with Gasteiger partial charge < -0.3 is 43.5 Å². The van der Waals surface area contributed by atoms with Crippen LogP contribution in [0.25, 0.3) is 0 Å². The fourth-order valence-corrected chi connectivity index (χ4v) is 11.2. The smallest absolute Gasteiger partial charge is 0.329 e. The molecule has 0 aromatic heterocycles. The van der Waals surface area contributed by atoms with Gasteiger partial charge in [0, 0.05) is 71.5 Å². The van der Waals surface area contributed by atoms with E-state index in [0.29, 0.717) is 56.9 Å². The van der Waals surface area contributed by atoms with Crippen LogP contribution in [0.1, 0.15) is 112 Å². The van der Waals surface area contributed by atoms with Gasteiger partial charge in [0.05, 0.1) is 24.4 Å². The molecule has 14 nitrogen and oxygen atoms in total. The highest BCUT2D eigenvalue weighted by Gasteiger charge is 2.57. The van der Waals surface area contributed by atoms with Crippen LogP contribution in [0.15, 0.2) is 47.6 Å². The van der Waals surface area contributed by atoms with E-state index in [1.807, 2.05) is 51.2 Å². The molecule has 0 spiro atoms. The molecule has 0 radical (unpaired) electrons. The zero-order valence-corrected chi connectivity index (χ0v) is 40.4. The largest absolute Gasteiger partial charge is 0.460 e. The molecule has 1 saturated carbocycles. The minimum absolute atomic E-state index is 0.0284. The van der Waals surface area contributed by atoms with Gasteiger partial charge in [0.25, 0.3) is 11.7 Å². The molecule has 16 atom stereocenters. The Labute approximate surface area is 386 Å². The molecule has 65 heavy (non-hydrogen) atoms. The van der Waals surface area contributed by atoms with Crippen LogP contribution in [0.3, 0.4) is 0 Å². The lowest BCUT2D eigenvalue weighted by atomic mass is 9.68. The zero-order chi connectivity index (χ0) is 47.7. The molecule has 1 amide bonds. The molecule has 6 bridgehead atoms. The molecule has 4 aliphatic heterocycles. The standard InChI is InChI=1S/C51H77NO13/c1-29-15-12-11-13-16-30(2)41(61-8)27-36-20-18-34(6)51(59,65-36)48(56)49(57)52-22-14-17-37-38(25-35-19-21-40(60-7)43(26-35)62-9)42(64-50(58)44(37)52)28-39(53)31(3)24-33(5)46(55)47(63-10)45(54)32(4)23-29/h11-13,15-16,24,29,31-32,34-38,40-44,46-47,55,59H,14,17-23,25-28H2,1-10H3/b13-11+,15-12+,30-16+,33-24+/t29-,31-,32-,34-,35+,36+,37-,38?,40?,41+,42+,43-,44+,46-,47+,51-/m1/s1. The summed E-state index contributed by atoms with van der Waals surface area (Å²) in [6, 6.07) is -1.10. The van der Waals surface area contributed by atoms with Crippen molar-refractivity contribution in [2.75, 3.05) is 35.0 Å². The molecule has 5 rings (SSSR count). The van der Waals surface area contributed by atoms with E-state index in [0.717, 1.165) is 18.4 Å². The first-order valence-corrected chi connectivity index (χ1v) is 23.9. The van der Waals surface area contributed by atoms with Gasteiger partial charge in [-0.1, -0.05) is 64.2 Å². The van der Waals surface area contributed by atoms with Crippen molar-refractivity contribution in [3.8, 4) is 0 Å². The normalized spacial score (nSPS) is 42.7. The molecular weight excluding hydrogens is 835 g/mol. The van der Waals surface area contributed by atoms with Crippen LogP contribution in [0, 0.1) is 41.4 Å². The van der Waals surface area contributed by atoms with Crippen LogP contribution < -0.4 is 0 Å². The van der Waals surface area contributed by atoms with Crippen molar-refractivity contribution >= 4 is 29.2 Å². The summed E-state index contributed by atoms with van der Waals surface area (Å²) in [5.41, 5.74) is 1.30. The number of methoxy groups -OCH3 is 4. The highest BCUT2D eigenvalue weighted by Crippen LogP contribution is 2.45. The summed E-state index contributed by atoms with van der Waals surface area (Å²) < 4.78 is 35.4. The van der Waals surface area contributed by atoms with E-state index in [9.17, 15) is 34.2 Å². The van der Waals surface area contributed by atoms with Gasteiger partial charge in [0.2, 0.25) is 5.79 Å². The van der Waals surface area contributed by atoms with Gasteiger partial charge in [0.15, 0.2) is 5.78 Å². The molecule has 3 saturated heterocycles. The van der Waals surface area contributed by atoms with Gasteiger partial charge >= 0.3 is 5.97 Å². The number of allylic oxidation sites excluding steroid dienone is 6. The first-order valence-electron chi connectivity index (χ1n) is 23.9. The van der Waals surface area contributed by atoms with Crippen molar-refractivity contribution in [3.05, 3.63) is 47.6 Å². The summed E-state index contributed by atoms with van der Waals surface area (Å²) in [6.45, 7) is 10.9. The van der Waals surface area contributed by atoms with Crippen molar-refractivity contribution in [1.82, 2.24) is 4.90 Å². The number of rotatable bonds is 6. The first kappa shape index (κ1) is 52.6. The highest BCUT2D eigenvalue weighted by atomic mass is 16.6. The van der Waals surface area contributed by atoms with E-state index < -0.39 is 83.7 Å². The lowest BCUT2D eigenvalue weighted by Crippen LogP contribution is -2.65. The molecule has 364 valence electrons. The van der Waals surface area contributed by atoms with Crippen LogP contribution in [0.4, 0.5) is 0 Å². The number of carbonyl (C=O) groups excluding carboxylic acids is 5. The van der Waals surface area contributed by atoms with Gasteiger partial charge in [-0.15, -0.1) is 0 Å². The second-order valence-corrected chi connectivity index (χ2v) is 19.7. The number of aliphatic hydroxyl groups is 2. The summed E-state index contributed by atoms with van der Waals surface area (Å²) in [6.07, 6.45) is 12.4. The molecule has 0 aromatic carbocycles. The Kier molecular flexibility index (Phi) is 19.1. The Morgan fingerprint density at radius 2 is 1.54 bits per heavy atom. The molecule has 2 N–H and O–H groups in total. The quantitative estimate of drug-likeness (QED) is 0.179. The minimum atomic E-state index is -2.42. The number of hydrogen-bond acceptors (Lipinski definition) is 13. The maximum Gasteiger partial charge on any atom is 0.329 e. The van der Waals surface area contributed by atoms with Gasteiger partial charge in [0.1, 0.15) is 30.1 Å². The topological polar surface area (TPSA) is 184 Å². The molecule has 4 heterocycles. The average Bonchev–Trinajstić information content (AvgIpc) is 3.29. The Hall–Kier alpha value is -3.37. The molecule has 2 unspecified atom stereocenters. The second kappa shape index (κ2) is 23.6. The SMILES string of the molecule is COC1CC[C@@H](CC2[C@@H]3CC(=O)[C@H](C)/C=C(\C)[C@@H](O)[C@@H](OC)C(=O)[C@H](C)C[C@H](C)/C=C/C=C/C=C(\C)[C@@H](OC)C[C@@H]4CC[C@@H](C)[C@@](O)(O4)C(=O)C(=O)N4CCC[C@H]2[C@H]4C(=O)O3)C[C@H]1OC. The van der Waals surface area contributed by atoms with Crippen LogP contribution in [-0.2, 0) is 52.4 Å². The number of ether oxygens (including phenoxy) is 6. The number of hydrogen-bond donors (Lipinski definition) is 2. The number of ketones is 3. The Morgan fingerprint density at radius 1 is 0.815 bits per heavy atom. The minimum Gasteiger partial charge on any atom is -0.460 e. The maximum atomic E-state index is 14.5. The van der Waals surface area contributed by atoms with Crippen molar-refractivity contribution in [3.63, 3.8) is 0 Å². The van der Waals surface area contributed by atoms with Crippen LogP contribution in [0.2, 0.25) is 0 Å². The Balaban J connectivity index is 1.51. The average molecular weight is 912 g/mol. The summed E-state index contributed by atoms with van der Waals surface area (Å²) in [5, 5.41) is 23.5. The lowest BCUT2D eigenvalue weighted by Gasteiger charge is -2.50. The third-order valence-electron chi connectivity index (χ3n) is 15.2. The Morgan fingerprint density at radius 3 is 2.22 bits per heavy atom. The first-order chi connectivity index (χ1) is 30.9. The van der Waals surface area contributed by atoms with E-state index in [-0.39, 0.29) is 54.5 Å². The van der Waals surface area contributed by atoms with Crippen molar-refractivity contribution in [2.45, 2.75) is 167 Å². The van der Waals surface area contributed by atoms with E-state index in [1.165, 1.54) is 12.0 Å². The summed E-state index contributed by atoms with van der Waals surface area (Å²) in [5.74, 6) is -8.14. The zero-order valence-electron chi connectivity index (χ0n) is 40.4. The number of Topliss-reactive ketones (excluding diaryl/α,β-unsaturated/α-hetero) is 3. The monoisotopic (exact) mass is 912 g/mol. The predicted octanol–water partition coefficient (Wildman–Crippen LogP) is 6.05. The number of esters is 1. The molecule has 5 aliphatic rings. The van der Waals surface area contributed by atoms with Crippen molar-refractivity contribution in [1.29, 1.82) is 0 Å². The summed E-state index contributed by atoms with van der Waals surface area (Å²) in [7, 11) is 6.31. The van der Waals surface area contributed by atoms with E-state index in [1.54, 1.807) is 48.2 Å². The van der Waals surface area contributed by atoms with Crippen LogP contribution in [-0.4, -0.2) is 134 Å². The Bertz CT molecular complexity index is 1810. The van der Waals surface area contributed by atoms with E-state index >= 15 is 0 Å². The number of aliphatic hydroxyl groups excluding tert-OH is 1. The maximum absolute atomic E-state index is 14.5. The van der Waals surface area contributed by atoms with Gasteiger partial charge in [-0.2, -0.15) is 0 Å². The summed E-state index contributed by atoms with van der Waals surface area (Å²) >= 11 is 0. The number of nitrogens with zero attached hydrogens (tertiary/aromatic N) is 1. The fourth-order valence-electron chi connectivity index (χ4n) is 11.2. The predicted molar refractivity (Wildman–Crippen MR) is 243 cm³/mol. The van der Waals surface area contributed by atoms with Crippen LogP contribution >= 0.6 is 0 Å². The fraction of sp³-hybridized carbons (Fsp3) is 0.745. The van der Waals surface area contributed by atoms with Gasteiger partial charge in [-0.3, -0.25) is 19.2 Å². The lowest BCUT2D eigenvalue weighted by molar-refractivity contribution is -0.266. The molecule has 4 fully saturated rings. The van der Waals surface area contributed by atoms with Gasteiger partial charge in [-0.05, 0) is 101 Å². The molecular formula is C51H77NO13. The van der Waals surface area contributed by atoms with Gasteiger partial charge in [-0.25, -0.2) is 4.79 Å². The third kappa shape index (κ3) is 12.4. The third-order valence-corrected chi connectivity index (χ3v) is 15.2. The van der Waals surface area contributed by atoms with E-state index in [2.05, 4.69) is 0 Å². The molecule has 1 aliphatic carbocycles. The number of carbonyl (C=O) groups is 5. The van der Waals surface area contributed by atoms with Crippen molar-refractivity contribution < 1.29 is 62.6 Å². The number of amides is 1. The number of fused-ring (bicyclic) bond motifs is 3. The van der Waals surface area contributed by atoms with Crippen LogP contribution in [0.5, 0.6) is 0 Å².